The second-order valence-corrected chi connectivity index (χ2v) is 5.30. The molecule has 0 unspecified atom stereocenters. The molecule has 0 saturated carbocycles. The van der Waals surface area contributed by atoms with Gasteiger partial charge in [0.15, 0.2) is 5.66 Å². The van der Waals surface area contributed by atoms with Gasteiger partial charge in [-0.1, -0.05) is 24.3 Å². The van der Waals surface area contributed by atoms with Crippen molar-refractivity contribution in [2.45, 2.75) is 31.1 Å². The Bertz CT molecular complexity index is 630. The number of carbonyl (C=O) groups is 3. The summed E-state index contributed by atoms with van der Waals surface area (Å²) >= 11 is 0. The van der Waals surface area contributed by atoms with Crippen LogP contribution in [0.3, 0.4) is 0 Å². The molecule has 0 heterocycles. The molecule has 4 N–H and O–H groups in total. The maximum Gasteiger partial charge on any atom is 0.423 e. The molecule has 0 aliphatic rings. The maximum absolute atomic E-state index is 12.8. The van der Waals surface area contributed by atoms with Gasteiger partial charge in [-0.2, -0.15) is 18.2 Å². The van der Waals surface area contributed by atoms with E-state index in [1.807, 2.05) is 0 Å². The third-order valence-electron chi connectivity index (χ3n) is 3.32. The second-order valence-electron chi connectivity index (χ2n) is 5.30. The van der Waals surface area contributed by atoms with E-state index in [-0.39, 0.29) is 24.8 Å². The van der Waals surface area contributed by atoms with Gasteiger partial charge in [0.1, 0.15) is 6.29 Å². The Morgan fingerprint density at radius 1 is 1.20 bits per heavy atom. The van der Waals surface area contributed by atoms with Crippen LogP contribution in [0, 0.1) is 0 Å². The number of hydrogen-bond donors (Lipinski definition) is 2. The van der Waals surface area contributed by atoms with Crippen molar-refractivity contribution in [2.24, 2.45) is 11.5 Å². The normalized spacial score (nSPS) is 11.8. The first-order valence-electron chi connectivity index (χ1n) is 7.14. The summed E-state index contributed by atoms with van der Waals surface area (Å²) in [6, 6.07) is 4.64. The van der Waals surface area contributed by atoms with Gasteiger partial charge in [0, 0.05) is 19.9 Å². The van der Waals surface area contributed by atoms with Crippen molar-refractivity contribution in [1.29, 1.82) is 0 Å². The molecule has 0 spiro atoms. The zero-order chi connectivity index (χ0) is 19.3. The summed E-state index contributed by atoms with van der Waals surface area (Å²) in [5.74, 6) is -1.35. The minimum Gasteiger partial charge on any atom is -0.338 e. The van der Waals surface area contributed by atoms with Crippen LogP contribution in [-0.4, -0.2) is 36.4 Å². The average molecular weight is 361 g/mol. The number of halogens is 3. The van der Waals surface area contributed by atoms with Crippen molar-refractivity contribution in [2.75, 3.05) is 7.05 Å². The first-order chi connectivity index (χ1) is 11.5. The fourth-order valence-corrected chi connectivity index (χ4v) is 1.80. The molecular weight excluding hydrogens is 343 g/mol. The van der Waals surface area contributed by atoms with Crippen LogP contribution in [0.25, 0.3) is 0 Å². The van der Waals surface area contributed by atoms with E-state index >= 15 is 0 Å². The quantitative estimate of drug-likeness (QED) is 0.439. The van der Waals surface area contributed by atoms with Crippen LogP contribution in [0.4, 0.5) is 13.2 Å². The minimum absolute atomic E-state index is 0.00131. The summed E-state index contributed by atoms with van der Waals surface area (Å²) in [6.45, 7) is 0. The molecule has 0 fully saturated rings. The van der Waals surface area contributed by atoms with Gasteiger partial charge in [0.25, 0.3) is 5.91 Å². The van der Waals surface area contributed by atoms with Crippen molar-refractivity contribution in [3.63, 3.8) is 0 Å². The van der Waals surface area contributed by atoms with Gasteiger partial charge in [-0.15, -0.1) is 0 Å². The highest BCUT2D eigenvalue weighted by Gasteiger charge is 2.50. The second kappa shape index (κ2) is 8.08. The number of aldehydes is 1. The molecule has 1 aromatic rings. The number of hydroxylamine groups is 2. The van der Waals surface area contributed by atoms with Gasteiger partial charge in [-0.3, -0.25) is 4.79 Å². The highest BCUT2D eigenvalue weighted by molar-refractivity contribution is 5.80. The molecule has 0 radical (unpaired) electrons. The van der Waals surface area contributed by atoms with Crippen molar-refractivity contribution >= 4 is 18.2 Å². The number of amides is 1. The van der Waals surface area contributed by atoms with E-state index in [0.717, 1.165) is 12.1 Å². The molecule has 1 rings (SSSR count). The Morgan fingerprint density at radius 2 is 1.76 bits per heavy atom. The van der Waals surface area contributed by atoms with Gasteiger partial charge in [-0.25, -0.2) is 4.79 Å². The monoisotopic (exact) mass is 361 g/mol. The van der Waals surface area contributed by atoms with Gasteiger partial charge < -0.3 is 21.1 Å². The van der Waals surface area contributed by atoms with Gasteiger partial charge in [0.05, 0.1) is 6.42 Å². The van der Waals surface area contributed by atoms with Crippen LogP contribution >= 0.6 is 0 Å². The molecule has 0 aliphatic heterocycles. The molecule has 0 saturated heterocycles. The number of nitrogens with zero attached hydrogens (tertiary/aromatic N) is 1. The lowest BCUT2D eigenvalue weighted by atomic mass is 9.98. The van der Waals surface area contributed by atoms with Crippen molar-refractivity contribution in [3.05, 3.63) is 35.4 Å². The first-order valence-corrected chi connectivity index (χ1v) is 7.14. The molecule has 0 atom stereocenters. The summed E-state index contributed by atoms with van der Waals surface area (Å²) in [5, 5.41) is 0.703. The highest BCUT2D eigenvalue weighted by atomic mass is 19.4. The molecule has 25 heavy (non-hydrogen) atoms. The summed E-state index contributed by atoms with van der Waals surface area (Å²) in [4.78, 5) is 38.2. The summed E-state index contributed by atoms with van der Waals surface area (Å²) in [5.41, 5.74) is 7.18. The van der Waals surface area contributed by atoms with E-state index in [9.17, 15) is 27.6 Å². The number of hydrogen-bond acceptors (Lipinski definition) is 6. The van der Waals surface area contributed by atoms with Crippen LogP contribution in [0.15, 0.2) is 24.3 Å². The van der Waals surface area contributed by atoms with Crippen LogP contribution < -0.4 is 11.5 Å². The van der Waals surface area contributed by atoms with E-state index in [4.69, 9.17) is 16.3 Å². The third kappa shape index (κ3) is 5.54. The van der Waals surface area contributed by atoms with Gasteiger partial charge in [0.2, 0.25) is 0 Å². The van der Waals surface area contributed by atoms with Crippen LogP contribution in [-0.2, 0) is 31.3 Å². The fraction of sp³-hybridized carbons (Fsp3) is 0.400. The standard InChI is InChI=1S/C15H18F3N3O4/c1-21(12(23)3-2-8-22)25-13(24)9-10-4-6-11(7-5-10)14(19,20)15(16,17)18/h4-8H,2-3,9,19-20H2,1H3. The molecule has 7 nitrogen and oxygen atoms in total. The smallest absolute Gasteiger partial charge is 0.338 e. The molecule has 138 valence electrons. The molecule has 0 aliphatic carbocycles. The van der Waals surface area contributed by atoms with Crippen LogP contribution in [0.1, 0.15) is 24.0 Å². The molecule has 1 aromatic carbocycles. The first kappa shape index (κ1) is 20.6. The SMILES string of the molecule is CN(OC(=O)Cc1ccc(C(N)(N)C(F)(F)F)cc1)C(=O)CCC=O. The lowest BCUT2D eigenvalue weighted by Gasteiger charge is -2.27. The highest BCUT2D eigenvalue weighted by Crippen LogP contribution is 2.32. The van der Waals surface area contributed by atoms with E-state index in [1.165, 1.54) is 19.2 Å². The zero-order valence-corrected chi connectivity index (χ0v) is 13.4. The van der Waals surface area contributed by atoms with E-state index in [1.54, 1.807) is 0 Å². The zero-order valence-electron chi connectivity index (χ0n) is 13.4. The predicted molar refractivity (Wildman–Crippen MR) is 80.4 cm³/mol. The summed E-state index contributed by atoms with van der Waals surface area (Å²) in [6.07, 6.45) is -4.65. The average Bonchev–Trinajstić information content (AvgIpc) is 2.51. The largest absolute Gasteiger partial charge is 0.423 e. The lowest BCUT2D eigenvalue weighted by Crippen LogP contribution is -2.57. The Morgan fingerprint density at radius 3 is 2.24 bits per heavy atom. The Balaban J connectivity index is 2.68. The number of benzene rings is 1. The fourth-order valence-electron chi connectivity index (χ4n) is 1.80. The molecule has 0 aromatic heterocycles. The van der Waals surface area contributed by atoms with E-state index in [2.05, 4.69) is 0 Å². The maximum atomic E-state index is 12.8. The van der Waals surface area contributed by atoms with Crippen molar-refractivity contribution in [3.8, 4) is 0 Å². The van der Waals surface area contributed by atoms with Crippen molar-refractivity contribution in [1.82, 2.24) is 5.06 Å². The molecule has 0 bridgehead atoms. The Labute approximate surface area is 141 Å². The Hall–Kier alpha value is -2.46. The van der Waals surface area contributed by atoms with Crippen LogP contribution in [0.5, 0.6) is 0 Å². The van der Waals surface area contributed by atoms with E-state index < -0.39 is 23.7 Å². The topological polar surface area (TPSA) is 116 Å². The van der Waals surface area contributed by atoms with Gasteiger partial charge in [-0.05, 0) is 11.1 Å². The number of rotatable bonds is 6. The number of carbonyl (C=O) groups excluding carboxylic acids is 3. The summed E-state index contributed by atoms with van der Waals surface area (Å²) in [7, 11) is 1.22. The van der Waals surface area contributed by atoms with Gasteiger partial charge >= 0.3 is 12.1 Å². The predicted octanol–water partition coefficient (Wildman–Crippen LogP) is 0.757. The lowest BCUT2D eigenvalue weighted by molar-refractivity contribution is -0.192. The number of alkyl halides is 3. The molecular formula is C15H18F3N3O4. The van der Waals surface area contributed by atoms with Crippen molar-refractivity contribution < 1.29 is 32.4 Å². The number of nitrogens with two attached hydrogens (primary N) is 2. The minimum atomic E-state index is -4.84. The van der Waals surface area contributed by atoms with Crippen LogP contribution in [0.2, 0.25) is 0 Å². The summed E-state index contributed by atoms with van der Waals surface area (Å²) < 4.78 is 38.3. The molecule has 1 amide bonds. The Kier molecular flexibility index (Phi) is 6.65. The third-order valence-corrected chi connectivity index (χ3v) is 3.32. The van der Waals surface area contributed by atoms with E-state index in [0.29, 0.717) is 16.9 Å². The molecule has 10 heteroatoms.